The Morgan fingerprint density at radius 1 is 1.32 bits per heavy atom. The van der Waals surface area contributed by atoms with Gasteiger partial charge in [0.15, 0.2) is 0 Å². The first kappa shape index (κ1) is 16.1. The molecule has 0 aromatic heterocycles. The Labute approximate surface area is 120 Å². The second-order valence-corrected chi connectivity index (χ2v) is 5.95. The third kappa shape index (κ3) is 6.12. The average molecular weight is 280 g/mol. The molecule has 1 atom stereocenters. The molecule has 0 bridgehead atoms. The van der Waals surface area contributed by atoms with Gasteiger partial charge in [-0.05, 0) is 32.4 Å². The molecular weight excluding hydrogens is 256 g/mol. The van der Waals surface area contributed by atoms with Gasteiger partial charge in [-0.2, -0.15) is 11.8 Å². The zero-order chi connectivity index (χ0) is 14.3. The van der Waals surface area contributed by atoms with E-state index in [0.717, 1.165) is 24.5 Å². The Morgan fingerprint density at radius 3 is 2.47 bits per heavy atom. The predicted octanol–water partition coefficient (Wildman–Crippen LogP) is 2.39. The van der Waals surface area contributed by atoms with E-state index >= 15 is 0 Å². The van der Waals surface area contributed by atoms with Crippen molar-refractivity contribution in [1.29, 1.82) is 0 Å². The van der Waals surface area contributed by atoms with Gasteiger partial charge in [-0.15, -0.1) is 0 Å². The van der Waals surface area contributed by atoms with Gasteiger partial charge in [-0.25, -0.2) is 0 Å². The molecule has 0 spiro atoms. The molecule has 1 rings (SSSR count). The number of nitrogens with one attached hydrogen (secondary N) is 1. The van der Waals surface area contributed by atoms with Crippen LogP contribution in [0.25, 0.3) is 0 Å². The maximum absolute atomic E-state index is 11.3. The van der Waals surface area contributed by atoms with E-state index in [1.54, 1.807) is 11.8 Å². The van der Waals surface area contributed by atoms with Crippen molar-refractivity contribution in [2.75, 3.05) is 12.3 Å². The van der Waals surface area contributed by atoms with Gasteiger partial charge in [0.1, 0.15) is 0 Å². The summed E-state index contributed by atoms with van der Waals surface area (Å²) in [4.78, 5) is 11.3. The summed E-state index contributed by atoms with van der Waals surface area (Å²) in [5.74, 6) is 1.38. The van der Waals surface area contributed by atoms with E-state index in [0.29, 0.717) is 0 Å². The van der Waals surface area contributed by atoms with Crippen LogP contribution < -0.4 is 11.1 Å². The van der Waals surface area contributed by atoms with Crippen molar-refractivity contribution in [3.05, 3.63) is 34.9 Å². The second-order valence-electron chi connectivity index (χ2n) is 4.92. The lowest BCUT2D eigenvalue weighted by molar-refractivity contribution is -0.119. The van der Waals surface area contributed by atoms with Crippen molar-refractivity contribution >= 4 is 17.7 Å². The highest BCUT2D eigenvalue weighted by Crippen LogP contribution is 2.16. The SMILES string of the molecule is CCCNC(CSCc1cc(C)cc(C)c1)C(N)=O. The summed E-state index contributed by atoms with van der Waals surface area (Å²) in [6, 6.07) is 6.33. The fraction of sp³-hybridized carbons (Fsp3) is 0.533. The first-order chi connectivity index (χ1) is 9.02. The summed E-state index contributed by atoms with van der Waals surface area (Å²) in [5, 5.41) is 3.18. The van der Waals surface area contributed by atoms with Crippen LogP contribution in [0.3, 0.4) is 0 Å². The molecule has 1 aromatic carbocycles. The summed E-state index contributed by atoms with van der Waals surface area (Å²) >= 11 is 1.75. The zero-order valence-corrected chi connectivity index (χ0v) is 12.8. The van der Waals surface area contributed by atoms with Gasteiger partial charge in [0.25, 0.3) is 0 Å². The van der Waals surface area contributed by atoms with E-state index in [1.165, 1.54) is 16.7 Å². The molecule has 0 aliphatic carbocycles. The molecule has 1 unspecified atom stereocenters. The topological polar surface area (TPSA) is 55.1 Å². The summed E-state index contributed by atoms with van der Waals surface area (Å²) < 4.78 is 0. The van der Waals surface area contributed by atoms with Crippen LogP contribution in [0.5, 0.6) is 0 Å². The highest BCUT2D eigenvalue weighted by atomic mass is 32.2. The van der Waals surface area contributed by atoms with Crippen LogP contribution in [-0.4, -0.2) is 24.2 Å². The van der Waals surface area contributed by atoms with E-state index in [9.17, 15) is 4.79 Å². The molecule has 1 aromatic rings. The van der Waals surface area contributed by atoms with Crippen LogP contribution in [0.1, 0.15) is 30.0 Å². The number of carbonyl (C=O) groups excluding carboxylic acids is 1. The lowest BCUT2D eigenvalue weighted by Crippen LogP contribution is -2.43. The summed E-state index contributed by atoms with van der Waals surface area (Å²) in [6.07, 6.45) is 1.01. The quantitative estimate of drug-likeness (QED) is 0.769. The molecular formula is C15H24N2OS. The van der Waals surface area contributed by atoms with E-state index < -0.39 is 0 Å². The maximum Gasteiger partial charge on any atom is 0.235 e. The first-order valence-electron chi connectivity index (χ1n) is 6.70. The molecule has 0 saturated carbocycles. The molecule has 1 amide bonds. The van der Waals surface area contributed by atoms with Gasteiger partial charge in [0.2, 0.25) is 5.91 Å². The second kappa shape index (κ2) is 8.23. The molecule has 0 aliphatic heterocycles. The minimum Gasteiger partial charge on any atom is -0.368 e. The lowest BCUT2D eigenvalue weighted by atomic mass is 10.1. The van der Waals surface area contributed by atoms with Crippen LogP contribution in [0, 0.1) is 13.8 Å². The largest absolute Gasteiger partial charge is 0.368 e. The first-order valence-corrected chi connectivity index (χ1v) is 7.86. The highest BCUT2D eigenvalue weighted by Gasteiger charge is 2.13. The minimum atomic E-state index is -0.263. The van der Waals surface area contributed by atoms with E-state index in [4.69, 9.17) is 5.73 Å². The van der Waals surface area contributed by atoms with Crippen molar-refractivity contribution in [3.63, 3.8) is 0 Å². The fourth-order valence-electron chi connectivity index (χ4n) is 2.01. The molecule has 0 aliphatic rings. The van der Waals surface area contributed by atoms with Crippen LogP contribution in [0.2, 0.25) is 0 Å². The van der Waals surface area contributed by atoms with Crippen LogP contribution in [0.15, 0.2) is 18.2 Å². The predicted molar refractivity (Wildman–Crippen MR) is 83.4 cm³/mol. The summed E-state index contributed by atoms with van der Waals surface area (Å²) in [7, 11) is 0. The number of benzene rings is 1. The number of thioether (sulfide) groups is 1. The number of amides is 1. The number of nitrogens with two attached hydrogens (primary N) is 1. The number of aryl methyl sites for hydroxylation is 2. The molecule has 0 saturated heterocycles. The Hall–Kier alpha value is -1.00. The Bertz CT molecular complexity index is 400. The zero-order valence-electron chi connectivity index (χ0n) is 12.0. The number of rotatable bonds is 8. The fourth-order valence-corrected chi connectivity index (χ4v) is 3.05. The van der Waals surface area contributed by atoms with Gasteiger partial charge < -0.3 is 11.1 Å². The van der Waals surface area contributed by atoms with Crippen molar-refractivity contribution in [2.45, 2.75) is 39.0 Å². The molecule has 3 nitrogen and oxygen atoms in total. The Morgan fingerprint density at radius 2 is 1.95 bits per heavy atom. The van der Waals surface area contributed by atoms with Gasteiger partial charge >= 0.3 is 0 Å². The molecule has 0 heterocycles. The molecule has 106 valence electrons. The third-order valence-corrected chi connectivity index (χ3v) is 3.93. The molecule has 0 radical (unpaired) electrons. The number of primary amides is 1. The monoisotopic (exact) mass is 280 g/mol. The van der Waals surface area contributed by atoms with Gasteiger partial charge in [0, 0.05) is 11.5 Å². The molecule has 3 N–H and O–H groups in total. The average Bonchev–Trinajstić information content (AvgIpc) is 2.31. The molecule has 0 fully saturated rings. The summed E-state index contributed by atoms with van der Waals surface area (Å²) in [5.41, 5.74) is 9.26. The maximum atomic E-state index is 11.3. The normalized spacial score (nSPS) is 12.4. The Balaban J connectivity index is 2.44. The van der Waals surface area contributed by atoms with E-state index in [1.807, 2.05) is 0 Å². The molecule has 4 heteroatoms. The minimum absolute atomic E-state index is 0.226. The number of hydrogen-bond acceptors (Lipinski definition) is 3. The van der Waals surface area contributed by atoms with Crippen molar-refractivity contribution < 1.29 is 4.79 Å². The Kier molecular flexibility index (Phi) is 6.95. The van der Waals surface area contributed by atoms with Crippen molar-refractivity contribution in [3.8, 4) is 0 Å². The summed E-state index contributed by atoms with van der Waals surface area (Å²) in [6.45, 7) is 7.12. The van der Waals surface area contributed by atoms with Gasteiger partial charge in [0.05, 0.1) is 6.04 Å². The van der Waals surface area contributed by atoms with Crippen LogP contribution in [-0.2, 0) is 10.5 Å². The van der Waals surface area contributed by atoms with Gasteiger partial charge in [-0.1, -0.05) is 36.2 Å². The van der Waals surface area contributed by atoms with Gasteiger partial charge in [-0.3, -0.25) is 4.79 Å². The van der Waals surface area contributed by atoms with Crippen molar-refractivity contribution in [2.24, 2.45) is 5.73 Å². The van der Waals surface area contributed by atoms with Crippen LogP contribution >= 0.6 is 11.8 Å². The smallest absolute Gasteiger partial charge is 0.235 e. The van der Waals surface area contributed by atoms with E-state index in [-0.39, 0.29) is 11.9 Å². The van der Waals surface area contributed by atoms with Crippen molar-refractivity contribution in [1.82, 2.24) is 5.32 Å². The van der Waals surface area contributed by atoms with Crippen LogP contribution in [0.4, 0.5) is 0 Å². The highest BCUT2D eigenvalue weighted by molar-refractivity contribution is 7.98. The lowest BCUT2D eigenvalue weighted by Gasteiger charge is -2.14. The number of hydrogen-bond donors (Lipinski definition) is 2. The standard InChI is InChI=1S/C15H24N2OS/c1-4-5-17-14(15(16)18)10-19-9-13-7-11(2)6-12(3)8-13/h6-8,14,17H,4-5,9-10H2,1-3H3,(H2,16,18). The third-order valence-electron chi connectivity index (χ3n) is 2.82. The van der Waals surface area contributed by atoms with E-state index in [2.05, 4.69) is 44.3 Å². The molecule has 19 heavy (non-hydrogen) atoms. The number of carbonyl (C=O) groups is 1.